The third kappa shape index (κ3) is 6.25. The van der Waals surface area contributed by atoms with Gasteiger partial charge in [-0.25, -0.2) is 9.48 Å². The maximum Gasteiger partial charge on any atom is 0.410 e. The second kappa shape index (κ2) is 11.0. The van der Waals surface area contributed by atoms with Gasteiger partial charge in [-0.15, -0.1) is 0 Å². The van der Waals surface area contributed by atoms with Crippen LogP contribution in [-0.2, 0) is 4.74 Å². The maximum atomic E-state index is 13.4. The molecule has 1 fully saturated rings. The fourth-order valence-electron chi connectivity index (χ4n) is 4.29. The van der Waals surface area contributed by atoms with Crippen molar-refractivity contribution in [3.05, 3.63) is 80.1 Å². The third-order valence-electron chi connectivity index (χ3n) is 6.07. The molecule has 1 saturated heterocycles. The standard InChI is InChI=1S/C26H27Cl2N5O5/c1-26(2,3)38-25(35)31-12-10-16(11-13-31)23-20(24(34)30-22-9-4-17(27)14-21(22)28)15-29-32(23)18-5-7-19(8-6-18)33(36)37/h4-9,14-16H,10-13H2,1-3H3,(H,30,34). The first-order chi connectivity index (χ1) is 17.9. The van der Waals surface area contributed by atoms with Gasteiger partial charge in [-0.1, -0.05) is 23.2 Å². The van der Waals surface area contributed by atoms with Crippen molar-refractivity contribution in [1.82, 2.24) is 14.7 Å². The second-order valence-electron chi connectivity index (χ2n) is 9.95. The summed E-state index contributed by atoms with van der Waals surface area (Å²) in [6, 6.07) is 10.7. The Morgan fingerprint density at radius 3 is 2.34 bits per heavy atom. The number of non-ortho nitro benzene ring substituents is 1. The lowest BCUT2D eigenvalue weighted by Crippen LogP contribution is -2.41. The molecule has 2 amide bonds. The van der Waals surface area contributed by atoms with Gasteiger partial charge in [-0.2, -0.15) is 5.10 Å². The van der Waals surface area contributed by atoms with Crippen LogP contribution in [0.5, 0.6) is 0 Å². The van der Waals surface area contributed by atoms with Gasteiger partial charge >= 0.3 is 6.09 Å². The van der Waals surface area contributed by atoms with E-state index in [0.717, 1.165) is 0 Å². The fourth-order valence-corrected chi connectivity index (χ4v) is 4.75. The van der Waals surface area contributed by atoms with E-state index in [1.165, 1.54) is 24.4 Å². The number of nitro groups is 1. The summed E-state index contributed by atoms with van der Waals surface area (Å²) >= 11 is 12.2. The van der Waals surface area contributed by atoms with Gasteiger partial charge in [0.1, 0.15) is 5.60 Å². The van der Waals surface area contributed by atoms with Crippen molar-refractivity contribution in [2.24, 2.45) is 0 Å². The number of carbonyl (C=O) groups is 2. The van der Waals surface area contributed by atoms with Crippen LogP contribution in [0.2, 0.25) is 10.0 Å². The molecule has 2 aromatic carbocycles. The number of nitro benzene ring substituents is 1. The van der Waals surface area contributed by atoms with E-state index < -0.39 is 16.4 Å². The van der Waals surface area contributed by atoms with Crippen LogP contribution in [0.25, 0.3) is 5.69 Å². The average Bonchev–Trinajstić information content (AvgIpc) is 3.30. The molecule has 1 aliphatic rings. The highest BCUT2D eigenvalue weighted by Gasteiger charge is 2.32. The van der Waals surface area contributed by atoms with E-state index >= 15 is 0 Å². The number of hydrogen-bond donors (Lipinski definition) is 1. The van der Waals surface area contributed by atoms with E-state index in [4.69, 9.17) is 27.9 Å². The van der Waals surface area contributed by atoms with Crippen LogP contribution in [0, 0.1) is 10.1 Å². The highest BCUT2D eigenvalue weighted by Crippen LogP contribution is 2.34. The van der Waals surface area contributed by atoms with Crippen LogP contribution >= 0.6 is 23.2 Å². The van der Waals surface area contributed by atoms with E-state index in [0.29, 0.717) is 58.6 Å². The molecular weight excluding hydrogens is 533 g/mol. The van der Waals surface area contributed by atoms with Crippen molar-refractivity contribution >= 4 is 46.6 Å². The number of rotatable bonds is 5. The van der Waals surface area contributed by atoms with Crippen LogP contribution in [0.3, 0.4) is 0 Å². The van der Waals surface area contributed by atoms with Gasteiger partial charge in [-0.3, -0.25) is 14.9 Å². The molecule has 1 aromatic heterocycles. The highest BCUT2D eigenvalue weighted by molar-refractivity contribution is 6.36. The smallest absolute Gasteiger partial charge is 0.410 e. The number of hydrogen-bond acceptors (Lipinski definition) is 6. The number of likely N-dealkylation sites (tertiary alicyclic amines) is 1. The lowest BCUT2D eigenvalue weighted by atomic mass is 9.90. The third-order valence-corrected chi connectivity index (χ3v) is 6.62. The Morgan fingerprint density at radius 2 is 1.76 bits per heavy atom. The van der Waals surface area contributed by atoms with E-state index in [2.05, 4.69) is 10.4 Å². The summed E-state index contributed by atoms with van der Waals surface area (Å²) in [6.07, 6.45) is 2.23. The summed E-state index contributed by atoms with van der Waals surface area (Å²) < 4.78 is 7.12. The summed E-state index contributed by atoms with van der Waals surface area (Å²) in [4.78, 5) is 38.3. The number of anilines is 1. The summed E-state index contributed by atoms with van der Waals surface area (Å²) in [7, 11) is 0. The SMILES string of the molecule is CC(C)(C)OC(=O)N1CCC(c2c(C(=O)Nc3ccc(Cl)cc3Cl)cnn2-c2ccc([N+](=O)[O-])cc2)CC1. The average molecular weight is 560 g/mol. The fraction of sp³-hybridized carbons (Fsp3) is 0.346. The number of nitrogens with one attached hydrogen (secondary N) is 1. The van der Waals surface area contributed by atoms with Crippen molar-refractivity contribution in [3.8, 4) is 5.69 Å². The zero-order valence-electron chi connectivity index (χ0n) is 21.1. The summed E-state index contributed by atoms with van der Waals surface area (Å²) in [5.74, 6) is -0.528. The largest absolute Gasteiger partial charge is 0.444 e. The molecule has 1 N–H and O–H groups in total. The van der Waals surface area contributed by atoms with Gasteiger partial charge in [0.25, 0.3) is 11.6 Å². The molecule has 1 aliphatic heterocycles. The van der Waals surface area contributed by atoms with E-state index in [9.17, 15) is 19.7 Å². The van der Waals surface area contributed by atoms with Crippen molar-refractivity contribution in [2.45, 2.75) is 45.1 Å². The van der Waals surface area contributed by atoms with Crippen LogP contribution in [0.1, 0.15) is 55.6 Å². The molecule has 0 aliphatic carbocycles. The first kappa shape index (κ1) is 27.4. The Balaban J connectivity index is 1.64. The van der Waals surface area contributed by atoms with E-state index in [1.807, 2.05) is 20.8 Å². The molecule has 200 valence electrons. The number of halogens is 2. The van der Waals surface area contributed by atoms with Crippen molar-refractivity contribution in [2.75, 3.05) is 18.4 Å². The number of aromatic nitrogens is 2. The topological polar surface area (TPSA) is 120 Å². The molecule has 2 heterocycles. The number of nitrogens with zero attached hydrogens (tertiary/aromatic N) is 4. The van der Waals surface area contributed by atoms with Gasteiger partial charge < -0.3 is 15.0 Å². The predicted octanol–water partition coefficient (Wildman–Crippen LogP) is 6.45. The predicted molar refractivity (Wildman–Crippen MR) is 144 cm³/mol. The molecule has 12 heteroatoms. The van der Waals surface area contributed by atoms with Gasteiger partial charge in [0, 0.05) is 36.2 Å². The Morgan fingerprint density at radius 1 is 1.11 bits per heavy atom. The van der Waals surface area contributed by atoms with Crippen LogP contribution in [0.4, 0.5) is 16.2 Å². The zero-order chi connectivity index (χ0) is 27.6. The zero-order valence-corrected chi connectivity index (χ0v) is 22.6. The minimum Gasteiger partial charge on any atom is -0.444 e. The monoisotopic (exact) mass is 559 g/mol. The number of amides is 2. The minimum absolute atomic E-state index is 0.0523. The molecule has 0 bridgehead atoms. The van der Waals surface area contributed by atoms with Crippen molar-refractivity contribution in [1.29, 1.82) is 0 Å². The molecule has 0 unspecified atom stereocenters. The van der Waals surface area contributed by atoms with Crippen LogP contribution in [0.15, 0.2) is 48.7 Å². The second-order valence-corrected chi connectivity index (χ2v) is 10.8. The lowest BCUT2D eigenvalue weighted by molar-refractivity contribution is -0.384. The number of piperidine rings is 1. The van der Waals surface area contributed by atoms with Gasteiger partial charge in [-0.05, 0) is 63.9 Å². The molecule has 3 aromatic rings. The van der Waals surface area contributed by atoms with Gasteiger partial charge in [0.2, 0.25) is 0 Å². The summed E-state index contributed by atoms with van der Waals surface area (Å²) in [5, 5.41) is 19.1. The molecule has 0 atom stereocenters. The number of benzene rings is 2. The van der Waals surface area contributed by atoms with Gasteiger partial charge in [0.15, 0.2) is 0 Å². The van der Waals surface area contributed by atoms with Gasteiger partial charge in [0.05, 0.1) is 38.8 Å². The first-order valence-electron chi connectivity index (χ1n) is 12.0. The normalized spacial score (nSPS) is 14.3. The Kier molecular flexibility index (Phi) is 7.94. The molecule has 0 spiro atoms. The maximum absolute atomic E-state index is 13.4. The van der Waals surface area contributed by atoms with Crippen LogP contribution in [-0.4, -0.2) is 50.3 Å². The molecule has 38 heavy (non-hydrogen) atoms. The van der Waals surface area contributed by atoms with Crippen LogP contribution < -0.4 is 5.32 Å². The highest BCUT2D eigenvalue weighted by atomic mass is 35.5. The lowest BCUT2D eigenvalue weighted by Gasteiger charge is -2.34. The Hall–Kier alpha value is -3.63. The Labute approximate surface area is 229 Å². The summed E-state index contributed by atoms with van der Waals surface area (Å²) in [6.45, 7) is 6.33. The molecule has 10 nitrogen and oxygen atoms in total. The van der Waals surface area contributed by atoms with Crippen molar-refractivity contribution < 1.29 is 19.2 Å². The quantitative estimate of drug-likeness (QED) is 0.283. The molecule has 0 saturated carbocycles. The van der Waals surface area contributed by atoms with Crippen molar-refractivity contribution in [3.63, 3.8) is 0 Å². The molecule has 0 radical (unpaired) electrons. The molecular formula is C26H27Cl2N5O5. The Bertz CT molecular complexity index is 1360. The number of carbonyl (C=O) groups excluding carboxylic acids is 2. The van der Waals surface area contributed by atoms with E-state index in [-0.39, 0.29) is 17.7 Å². The minimum atomic E-state index is -0.601. The summed E-state index contributed by atoms with van der Waals surface area (Å²) in [5.41, 5.74) is 1.30. The van der Waals surface area contributed by atoms with E-state index in [1.54, 1.807) is 33.8 Å². The number of ether oxygens (including phenoxy) is 1. The first-order valence-corrected chi connectivity index (χ1v) is 12.8. The molecule has 4 rings (SSSR count).